The number of carbonyl (C=O) groups is 1. The molecule has 1 atom stereocenters. The molecule has 2 heterocycles. The van der Waals surface area contributed by atoms with Crippen LogP contribution in [0.15, 0.2) is 30.6 Å². The van der Waals surface area contributed by atoms with Gasteiger partial charge in [-0.3, -0.25) is 4.79 Å². The van der Waals surface area contributed by atoms with Crippen LogP contribution in [0.25, 0.3) is 0 Å². The SMILES string of the molecule is CCC1CCCCN1c1cnc(C(=O)Nc2ccc(OC)c(OC)c2)cn1. The maximum Gasteiger partial charge on any atom is 0.275 e. The molecule has 7 heteroatoms. The van der Waals surface area contributed by atoms with Crippen molar-refractivity contribution in [2.75, 3.05) is 31.0 Å². The van der Waals surface area contributed by atoms with Crippen molar-refractivity contribution in [2.45, 2.75) is 38.6 Å². The number of nitrogens with one attached hydrogen (secondary N) is 1. The second-order valence-corrected chi connectivity index (χ2v) is 6.53. The Morgan fingerprint density at radius 3 is 2.67 bits per heavy atom. The van der Waals surface area contributed by atoms with Gasteiger partial charge in [-0.1, -0.05) is 6.92 Å². The lowest BCUT2D eigenvalue weighted by molar-refractivity contribution is 0.102. The average Bonchev–Trinajstić information content (AvgIpc) is 2.73. The van der Waals surface area contributed by atoms with Crippen LogP contribution in [0.5, 0.6) is 11.5 Å². The number of piperidine rings is 1. The minimum Gasteiger partial charge on any atom is -0.493 e. The number of aromatic nitrogens is 2. The number of anilines is 2. The first-order valence-electron chi connectivity index (χ1n) is 9.28. The Balaban J connectivity index is 1.70. The number of carbonyl (C=O) groups excluding carboxylic acids is 1. The summed E-state index contributed by atoms with van der Waals surface area (Å²) in [5.41, 5.74) is 0.879. The fourth-order valence-electron chi connectivity index (χ4n) is 3.42. The number of amides is 1. The highest BCUT2D eigenvalue weighted by Crippen LogP contribution is 2.30. The minimum atomic E-state index is -0.313. The highest BCUT2D eigenvalue weighted by atomic mass is 16.5. The van der Waals surface area contributed by atoms with Crippen molar-refractivity contribution in [2.24, 2.45) is 0 Å². The lowest BCUT2D eigenvalue weighted by atomic mass is 10.0. The molecule has 1 aromatic carbocycles. The molecule has 1 amide bonds. The van der Waals surface area contributed by atoms with E-state index in [-0.39, 0.29) is 11.6 Å². The molecular formula is C20H26N4O3. The zero-order chi connectivity index (χ0) is 19.2. The van der Waals surface area contributed by atoms with Gasteiger partial charge in [0.15, 0.2) is 11.5 Å². The largest absolute Gasteiger partial charge is 0.493 e. The van der Waals surface area contributed by atoms with Crippen LogP contribution in [0.3, 0.4) is 0 Å². The van der Waals surface area contributed by atoms with Crippen LogP contribution in [0.4, 0.5) is 11.5 Å². The van der Waals surface area contributed by atoms with Crippen molar-refractivity contribution in [3.63, 3.8) is 0 Å². The zero-order valence-corrected chi connectivity index (χ0v) is 16.1. The number of rotatable bonds is 6. The molecule has 27 heavy (non-hydrogen) atoms. The summed E-state index contributed by atoms with van der Waals surface area (Å²) in [7, 11) is 3.12. The molecule has 1 unspecified atom stereocenters. The normalized spacial score (nSPS) is 16.7. The maximum absolute atomic E-state index is 12.5. The van der Waals surface area contributed by atoms with Crippen LogP contribution in [0.1, 0.15) is 43.1 Å². The van der Waals surface area contributed by atoms with E-state index >= 15 is 0 Å². The summed E-state index contributed by atoms with van der Waals surface area (Å²) in [5, 5.41) is 2.81. The zero-order valence-electron chi connectivity index (χ0n) is 16.1. The molecule has 0 saturated carbocycles. The average molecular weight is 370 g/mol. The Morgan fingerprint density at radius 1 is 1.19 bits per heavy atom. The van der Waals surface area contributed by atoms with Crippen molar-refractivity contribution < 1.29 is 14.3 Å². The predicted molar refractivity (Wildman–Crippen MR) is 105 cm³/mol. The molecule has 1 aliphatic heterocycles. The Hall–Kier alpha value is -2.83. The van der Waals surface area contributed by atoms with Gasteiger partial charge in [-0.15, -0.1) is 0 Å². The second kappa shape index (κ2) is 8.70. The van der Waals surface area contributed by atoms with E-state index in [2.05, 4.69) is 27.1 Å². The summed E-state index contributed by atoms with van der Waals surface area (Å²) in [4.78, 5) is 23.6. The van der Waals surface area contributed by atoms with Crippen LogP contribution < -0.4 is 19.7 Å². The van der Waals surface area contributed by atoms with Crippen molar-refractivity contribution in [1.82, 2.24) is 9.97 Å². The highest BCUT2D eigenvalue weighted by Gasteiger charge is 2.22. The van der Waals surface area contributed by atoms with Gasteiger partial charge < -0.3 is 19.7 Å². The van der Waals surface area contributed by atoms with E-state index in [4.69, 9.17) is 9.47 Å². The number of nitrogens with zero attached hydrogens (tertiary/aromatic N) is 3. The fourth-order valence-corrected chi connectivity index (χ4v) is 3.42. The molecule has 144 valence electrons. The maximum atomic E-state index is 12.5. The van der Waals surface area contributed by atoms with Gasteiger partial charge in [-0.2, -0.15) is 0 Å². The Morgan fingerprint density at radius 2 is 2.00 bits per heavy atom. The third-order valence-corrected chi connectivity index (χ3v) is 4.90. The van der Waals surface area contributed by atoms with E-state index in [9.17, 15) is 4.79 Å². The molecule has 0 spiro atoms. The third kappa shape index (κ3) is 4.30. The summed E-state index contributed by atoms with van der Waals surface area (Å²) in [6, 6.07) is 5.70. The molecular weight excluding hydrogens is 344 g/mol. The summed E-state index contributed by atoms with van der Waals surface area (Å²) in [6.45, 7) is 3.19. The molecule has 1 N–H and O–H groups in total. The Kier molecular flexibility index (Phi) is 6.11. The van der Waals surface area contributed by atoms with Gasteiger partial charge in [0.25, 0.3) is 5.91 Å². The first kappa shape index (κ1) is 18.9. The quantitative estimate of drug-likeness (QED) is 0.838. The summed E-state index contributed by atoms with van der Waals surface area (Å²) < 4.78 is 10.5. The molecule has 1 aromatic heterocycles. The van der Waals surface area contributed by atoms with E-state index in [1.807, 2.05) is 0 Å². The summed E-state index contributed by atoms with van der Waals surface area (Å²) in [5.74, 6) is 1.68. The van der Waals surface area contributed by atoms with Gasteiger partial charge in [0.1, 0.15) is 11.5 Å². The molecule has 1 aliphatic rings. The first-order valence-corrected chi connectivity index (χ1v) is 9.28. The van der Waals surface area contributed by atoms with Crippen molar-refractivity contribution in [1.29, 1.82) is 0 Å². The van der Waals surface area contributed by atoms with Crippen LogP contribution in [-0.2, 0) is 0 Å². The van der Waals surface area contributed by atoms with Gasteiger partial charge >= 0.3 is 0 Å². The highest BCUT2D eigenvalue weighted by molar-refractivity contribution is 6.02. The van der Waals surface area contributed by atoms with Crippen LogP contribution in [0, 0.1) is 0 Å². The molecule has 3 rings (SSSR count). The van der Waals surface area contributed by atoms with Gasteiger partial charge in [0.2, 0.25) is 0 Å². The molecule has 0 aliphatic carbocycles. The van der Waals surface area contributed by atoms with E-state index < -0.39 is 0 Å². The molecule has 1 saturated heterocycles. The molecule has 1 fully saturated rings. The van der Waals surface area contributed by atoms with E-state index in [1.165, 1.54) is 25.5 Å². The topological polar surface area (TPSA) is 76.6 Å². The Bertz CT molecular complexity index is 779. The van der Waals surface area contributed by atoms with Gasteiger partial charge in [0.05, 0.1) is 26.6 Å². The lowest BCUT2D eigenvalue weighted by Gasteiger charge is -2.35. The first-order chi connectivity index (χ1) is 13.2. The molecule has 7 nitrogen and oxygen atoms in total. The number of methoxy groups -OCH3 is 2. The number of benzene rings is 1. The smallest absolute Gasteiger partial charge is 0.275 e. The number of ether oxygens (including phenoxy) is 2. The number of hydrogen-bond donors (Lipinski definition) is 1. The minimum absolute atomic E-state index is 0.276. The Labute approximate surface area is 159 Å². The van der Waals surface area contributed by atoms with Crippen LogP contribution >= 0.6 is 0 Å². The number of hydrogen-bond acceptors (Lipinski definition) is 6. The van der Waals surface area contributed by atoms with Gasteiger partial charge in [-0.05, 0) is 37.8 Å². The van der Waals surface area contributed by atoms with Crippen LogP contribution in [0.2, 0.25) is 0 Å². The van der Waals surface area contributed by atoms with Gasteiger partial charge in [-0.25, -0.2) is 9.97 Å². The molecule has 2 aromatic rings. The monoisotopic (exact) mass is 370 g/mol. The molecule has 0 radical (unpaired) electrons. The fraction of sp³-hybridized carbons (Fsp3) is 0.450. The van der Waals surface area contributed by atoms with E-state index in [0.29, 0.717) is 23.2 Å². The summed E-state index contributed by atoms with van der Waals surface area (Å²) >= 11 is 0. The third-order valence-electron chi connectivity index (χ3n) is 4.90. The van der Waals surface area contributed by atoms with E-state index in [0.717, 1.165) is 18.8 Å². The second-order valence-electron chi connectivity index (χ2n) is 6.53. The summed E-state index contributed by atoms with van der Waals surface area (Å²) in [6.07, 6.45) is 7.92. The van der Waals surface area contributed by atoms with Crippen molar-refractivity contribution >= 4 is 17.4 Å². The van der Waals surface area contributed by atoms with Crippen molar-refractivity contribution in [3.05, 3.63) is 36.3 Å². The predicted octanol–water partition coefficient (Wildman–Crippen LogP) is 3.52. The van der Waals surface area contributed by atoms with E-state index in [1.54, 1.807) is 38.6 Å². The van der Waals surface area contributed by atoms with Gasteiger partial charge in [0, 0.05) is 24.3 Å². The standard InChI is InChI=1S/C20H26N4O3/c1-4-15-7-5-6-10-24(15)19-13-21-16(12-22-19)20(25)23-14-8-9-17(26-2)18(11-14)27-3/h8-9,11-13,15H,4-7,10H2,1-3H3,(H,23,25). The van der Waals surface area contributed by atoms with Crippen molar-refractivity contribution in [3.8, 4) is 11.5 Å². The lowest BCUT2D eigenvalue weighted by Crippen LogP contribution is -2.39. The molecule has 0 bridgehead atoms. The van der Waals surface area contributed by atoms with Crippen LogP contribution in [-0.4, -0.2) is 42.7 Å².